The number of carbonyl (C=O) groups excluding carboxylic acids is 2. The Labute approximate surface area is 142 Å². The molecule has 23 heavy (non-hydrogen) atoms. The second-order valence-electron chi connectivity index (χ2n) is 6.38. The van der Waals surface area contributed by atoms with Gasteiger partial charge in [0.2, 0.25) is 11.8 Å². The first-order valence-corrected chi connectivity index (χ1v) is 9.33. The maximum absolute atomic E-state index is 12.4. The third kappa shape index (κ3) is 5.94. The van der Waals surface area contributed by atoms with Crippen molar-refractivity contribution in [3.05, 3.63) is 10.6 Å². The van der Waals surface area contributed by atoms with Gasteiger partial charge in [-0.25, -0.2) is 4.98 Å². The number of aromatic nitrogens is 1. The van der Waals surface area contributed by atoms with E-state index in [1.165, 1.54) is 24.2 Å². The normalized spacial score (nSPS) is 13.9. The smallest absolute Gasteiger partial charge is 0.245 e. The maximum atomic E-state index is 12.4. The summed E-state index contributed by atoms with van der Waals surface area (Å²) < 4.78 is 0. The zero-order valence-electron chi connectivity index (χ0n) is 14.4. The molecule has 2 rings (SSSR count). The molecule has 0 radical (unpaired) electrons. The quantitative estimate of drug-likeness (QED) is 0.701. The first kappa shape index (κ1) is 17.9. The number of anilines is 1. The van der Waals surface area contributed by atoms with E-state index < -0.39 is 0 Å². The number of unbranched alkanes of at least 4 members (excludes halogenated alkanes) is 2. The summed E-state index contributed by atoms with van der Waals surface area (Å²) in [7, 11) is 0. The predicted molar refractivity (Wildman–Crippen MR) is 93.7 cm³/mol. The van der Waals surface area contributed by atoms with Crippen LogP contribution < -0.4 is 5.32 Å². The van der Waals surface area contributed by atoms with Crippen LogP contribution in [0, 0.1) is 19.8 Å². The molecule has 1 aliphatic rings. The first-order chi connectivity index (χ1) is 11.0. The summed E-state index contributed by atoms with van der Waals surface area (Å²) in [5.41, 5.74) is 0.941. The van der Waals surface area contributed by atoms with Crippen molar-refractivity contribution in [2.75, 3.05) is 18.4 Å². The van der Waals surface area contributed by atoms with Gasteiger partial charge >= 0.3 is 0 Å². The number of hydrogen-bond acceptors (Lipinski definition) is 4. The van der Waals surface area contributed by atoms with Gasteiger partial charge in [-0.05, 0) is 39.0 Å². The number of aryl methyl sites for hydroxylation is 2. The van der Waals surface area contributed by atoms with Crippen LogP contribution in [0.4, 0.5) is 5.13 Å². The Hall–Kier alpha value is -1.43. The second kappa shape index (κ2) is 8.43. The third-order valence-corrected chi connectivity index (χ3v) is 5.12. The minimum atomic E-state index is -0.150. The van der Waals surface area contributed by atoms with E-state index in [0.717, 1.165) is 29.8 Å². The van der Waals surface area contributed by atoms with E-state index in [1.807, 2.05) is 13.8 Å². The lowest BCUT2D eigenvalue weighted by Gasteiger charge is -2.22. The molecule has 1 aromatic heterocycles. The number of nitrogens with one attached hydrogen (secondary N) is 1. The highest BCUT2D eigenvalue weighted by atomic mass is 32.1. The summed E-state index contributed by atoms with van der Waals surface area (Å²) in [6.45, 7) is 6.89. The fraction of sp³-hybridized carbons (Fsp3) is 0.706. The Morgan fingerprint density at radius 1 is 1.30 bits per heavy atom. The monoisotopic (exact) mass is 337 g/mol. The van der Waals surface area contributed by atoms with Gasteiger partial charge in [-0.2, -0.15) is 0 Å². The molecule has 128 valence electrons. The average Bonchev–Trinajstić information content (AvgIpc) is 3.24. The van der Waals surface area contributed by atoms with Crippen LogP contribution >= 0.6 is 11.3 Å². The number of nitrogens with zero attached hydrogens (tertiary/aromatic N) is 2. The van der Waals surface area contributed by atoms with E-state index in [4.69, 9.17) is 0 Å². The maximum Gasteiger partial charge on any atom is 0.245 e. The van der Waals surface area contributed by atoms with E-state index in [1.54, 1.807) is 4.90 Å². The molecule has 0 bridgehead atoms. The van der Waals surface area contributed by atoms with Gasteiger partial charge in [0.25, 0.3) is 0 Å². The molecule has 1 aromatic rings. The molecule has 2 amide bonds. The van der Waals surface area contributed by atoms with Crippen LogP contribution in [0.2, 0.25) is 0 Å². The standard InChI is InChI=1S/C17H27N3O2S/c1-4-5-6-7-16(22)20(10-14-8-9-14)11-15(21)19-17-18-12(2)13(3)23-17/h14H,4-11H2,1-3H3,(H,18,19,21). The highest BCUT2D eigenvalue weighted by molar-refractivity contribution is 7.15. The number of rotatable bonds is 9. The van der Waals surface area contributed by atoms with Gasteiger partial charge in [-0.1, -0.05) is 19.8 Å². The van der Waals surface area contributed by atoms with E-state index in [-0.39, 0.29) is 18.4 Å². The van der Waals surface area contributed by atoms with Crippen molar-refractivity contribution >= 4 is 28.3 Å². The Kier molecular flexibility index (Phi) is 6.57. The van der Waals surface area contributed by atoms with Crippen molar-refractivity contribution in [3.8, 4) is 0 Å². The molecule has 0 unspecified atom stereocenters. The van der Waals surface area contributed by atoms with Crippen LogP contribution in [0.3, 0.4) is 0 Å². The van der Waals surface area contributed by atoms with Crippen LogP contribution in [-0.4, -0.2) is 34.8 Å². The lowest BCUT2D eigenvalue weighted by molar-refractivity contribution is -0.135. The lowest BCUT2D eigenvalue weighted by Crippen LogP contribution is -2.39. The summed E-state index contributed by atoms with van der Waals surface area (Å²) >= 11 is 1.47. The van der Waals surface area contributed by atoms with Crippen LogP contribution in [0.15, 0.2) is 0 Å². The largest absolute Gasteiger partial charge is 0.333 e. The molecule has 6 heteroatoms. The molecular formula is C17H27N3O2S. The van der Waals surface area contributed by atoms with Crippen molar-refractivity contribution in [2.45, 2.75) is 59.3 Å². The summed E-state index contributed by atoms with van der Waals surface area (Å²) in [4.78, 5) is 31.8. The lowest BCUT2D eigenvalue weighted by atomic mass is 10.2. The number of thiazole rings is 1. The molecule has 0 spiro atoms. The molecule has 1 heterocycles. The van der Waals surface area contributed by atoms with Gasteiger partial charge in [-0.15, -0.1) is 11.3 Å². The van der Waals surface area contributed by atoms with Gasteiger partial charge in [0.05, 0.1) is 12.2 Å². The van der Waals surface area contributed by atoms with Gasteiger partial charge in [0, 0.05) is 17.8 Å². The Morgan fingerprint density at radius 3 is 2.61 bits per heavy atom. The molecule has 0 saturated heterocycles. The van der Waals surface area contributed by atoms with Crippen molar-refractivity contribution in [1.82, 2.24) is 9.88 Å². The molecule has 0 aromatic carbocycles. The predicted octanol–water partition coefficient (Wildman–Crippen LogP) is 3.52. The summed E-state index contributed by atoms with van der Waals surface area (Å²) in [6.07, 6.45) is 5.95. The van der Waals surface area contributed by atoms with E-state index >= 15 is 0 Å². The molecule has 1 aliphatic carbocycles. The van der Waals surface area contributed by atoms with E-state index in [2.05, 4.69) is 17.2 Å². The number of hydrogen-bond donors (Lipinski definition) is 1. The highest BCUT2D eigenvalue weighted by Crippen LogP contribution is 2.30. The van der Waals surface area contributed by atoms with Gasteiger partial charge < -0.3 is 10.2 Å². The highest BCUT2D eigenvalue weighted by Gasteiger charge is 2.27. The summed E-state index contributed by atoms with van der Waals surface area (Å²) in [5.74, 6) is 0.539. The van der Waals surface area contributed by atoms with Crippen molar-refractivity contribution in [3.63, 3.8) is 0 Å². The molecular weight excluding hydrogens is 310 g/mol. The van der Waals surface area contributed by atoms with E-state index in [9.17, 15) is 9.59 Å². The van der Waals surface area contributed by atoms with Crippen LogP contribution in [0.1, 0.15) is 56.0 Å². The van der Waals surface area contributed by atoms with Crippen LogP contribution in [0.5, 0.6) is 0 Å². The average molecular weight is 337 g/mol. The third-order valence-electron chi connectivity index (χ3n) is 4.13. The molecule has 0 aliphatic heterocycles. The zero-order valence-corrected chi connectivity index (χ0v) is 15.2. The Bertz CT molecular complexity index is 533. The zero-order chi connectivity index (χ0) is 16.8. The fourth-order valence-electron chi connectivity index (χ4n) is 2.41. The molecule has 5 nitrogen and oxygen atoms in total. The topological polar surface area (TPSA) is 62.3 Å². The molecule has 1 fully saturated rings. The first-order valence-electron chi connectivity index (χ1n) is 8.51. The van der Waals surface area contributed by atoms with E-state index in [0.29, 0.717) is 24.0 Å². The molecule has 0 atom stereocenters. The molecule has 1 saturated carbocycles. The van der Waals surface area contributed by atoms with Gasteiger partial charge in [-0.3, -0.25) is 9.59 Å². The summed E-state index contributed by atoms with van der Waals surface area (Å²) in [6, 6.07) is 0. The molecule has 1 N–H and O–H groups in total. The Morgan fingerprint density at radius 2 is 2.04 bits per heavy atom. The second-order valence-corrected chi connectivity index (χ2v) is 7.59. The fourth-order valence-corrected chi connectivity index (χ4v) is 3.24. The minimum absolute atomic E-state index is 0.104. The Balaban J connectivity index is 1.87. The number of carbonyl (C=O) groups is 2. The number of amides is 2. The van der Waals surface area contributed by atoms with Crippen molar-refractivity contribution in [2.24, 2.45) is 5.92 Å². The minimum Gasteiger partial charge on any atom is -0.333 e. The van der Waals surface area contributed by atoms with Crippen molar-refractivity contribution in [1.29, 1.82) is 0 Å². The van der Waals surface area contributed by atoms with Crippen molar-refractivity contribution < 1.29 is 9.59 Å². The van der Waals surface area contributed by atoms with Crippen LogP contribution in [-0.2, 0) is 9.59 Å². The van der Waals surface area contributed by atoms with Gasteiger partial charge in [0.1, 0.15) is 0 Å². The SMILES string of the molecule is CCCCCC(=O)N(CC(=O)Nc1nc(C)c(C)s1)CC1CC1. The van der Waals surface area contributed by atoms with Crippen LogP contribution in [0.25, 0.3) is 0 Å². The summed E-state index contributed by atoms with van der Waals surface area (Å²) in [5, 5.41) is 3.44. The van der Waals surface area contributed by atoms with Gasteiger partial charge in [0.15, 0.2) is 5.13 Å².